The Morgan fingerprint density at radius 1 is 1.22 bits per heavy atom. The number of rotatable bonds is 5. The van der Waals surface area contributed by atoms with Crippen LogP contribution < -0.4 is 5.32 Å². The zero-order valence-corrected chi connectivity index (χ0v) is 18.0. The van der Waals surface area contributed by atoms with E-state index in [2.05, 4.69) is 5.32 Å². The monoisotopic (exact) mass is 450 g/mol. The number of phenols is 1. The van der Waals surface area contributed by atoms with Gasteiger partial charge in [-0.15, -0.1) is 11.3 Å². The Morgan fingerprint density at radius 3 is 2.91 bits per heavy atom. The highest BCUT2D eigenvalue weighted by atomic mass is 32.1. The SMILES string of the molecule is O=C(NC(Cc1cccc(O)c1)C(=O)N1CCC2OCC(=O)C21)c1csc2ccccc12. The lowest BCUT2D eigenvalue weighted by Gasteiger charge is -2.27. The second kappa shape index (κ2) is 8.37. The number of amides is 2. The van der Waals surface area contributed by atoms with Gasteiger partial charge < -0.3 is 20.1 Å². The van der Waals surface area contributed by atoms with Crippen LogP contribution in [0.15, 0.2) is 53.9 Å². The second-order valence-corrected chi connectivity index (χ2v) is 9.04. The van der Waals surface area contributed by atoms with E-state index in [4.69, 9.17) is 4.74 Å². The Hall–Kier alpha value is -3.23. The van der Waals surface area contributed by atoms with E-state index in [1.807, 2.05) is 24.3 Å². The summed E-state index contributed by atoms with van der Waals surface area (Å²) in [6.07, 6.45) is 0.526. The lowest BCUT2D eigenvalue weighted by Crippen LogP contribution is -2.53. The molecule has 2 fully saturated rings. The van der Waals surface area contributed by atoms with E-state index >= 15 is 0 Å². The molecule has 164 valence electrons. The van der Waals surface area contributed by atoms with Gasteiger partial charge in [0.2, 0.25) is 5.91 Å². The summed E-state index contributed by atoms with van der Waals surface area (Å²) in [4.78, 5) is 40.6. The first kappa shape index (κ1) is 20.7. The van der Waals surface area contributed by atoms with Crippen LogP contribution >= 0.6 is 11.3 Å². The standard InChI is InChI=1S/C24H22N2O5S/c27-15-5-3-4-14(10-15)11-18(24(30)26-9-8-20-22(26)19(28)12-31-20)25-23(29)17-13-32-21-7-2-1-6-16(17)21/h1-7,10,13,18,20,22,27H,8-9,11-12H2,(H,25,29). The van der Waals surface area contributed by atoms with Crippen molar-refractivity contribution in [1.82, 2.24) is 10.2 Å². The van der Waals surface area contributed by atoms with E-state index in [0.717, 1.165) is 10.1 Å². The molecule has 3 aromatic rings. The molecule has 1 aromatic heterocycles. The summed E-state index contributed by atoms with van der Waals surface area (Å²) in [5, 5.41) is 15.4. The first-order valence-electron chi connectivity index (χ1n) is 10.5. The van der Waals surface area contributed by atoms with E-state index < -0.39 is 12.1 Å². The molecule has 32 heavy (non-hydrogen) atoms. The van der Waals surface area contributed by atoms with Crippen LogP contribution in [0.5, 0.6) is 5.75 Å². The summed E-state index contributed by atoms with van der Waals surface area (Å²) < 4.78 is 6.50. The van der Waals surface area contributed by atoms with Crippen molar-refractivity contribution in [2.24, 2.45) is 0 Å². The van der Waals surface area contributed by atoms with Crippen molar-refractivity contribution in [2.45, 2.75) is 31.0 Å². The fraction of sp³-hybridized carbons (Fsp3) is 0.292. The molecule has 0 aliphatic carbocycles. The van der Waals surface area contributed by atoms with Gasteiger partial charge >= 0.3 is 0 Å². The number of fused-ring (bicyclic) bond motifs is 2. The molecule has 8 heteroatoms. The summed E-state index contributed by atoms with van der Waals surface area (Å²) in [7, 11) is 0. The summed E-state index contributed by atoms with van der Waals surface area (Å²) in [6.45, 7) is 0.428. The quantitative estimate of drug-likeness (QED) is 0.623. The zero-order valence-electron chi connectivity index (χ0n) is 17.2. The number of likely N-dealkylation sites (tertiary alicyclic amines) is 1. The number of ketones is 1. The summed E-state index contributed by atoms with van der Waals surface area (Å²) in [5.41, 5.74) is 1.22. The van der Waals surface area contributed by atoms with Crippen molar-refractivity contribution in [1.29, 1.82) is 0 Å². The Bertz CT molecular complexity index is 1210. The first-order valence-corrected chi connectivity index (χ1v) is 11.4. The van der Waals surface area contributed by atoms with Gasteiger partial charge in [0.15, 0.2) is 5.78 Å². The molecule has 5 rings (SSSR count). The van der Waals surface area contributed by atoms with Gasteiger partial charge in [-0.2, -0.15) is 0 Å². The highest BCUT2D eigenvalue weighted by molar-refractivity contribution is 7.17. The maximum atomic E-state index is 13.5. The minimum Gasteiger partial charge on any atom is -0.508 e. The third-order valence-electron chi connectivity index (χ3n) is 6.07. The number of thiophene rings is 1. The summed E-state index contributed by atoms with van der Waals surface area (Å²) in [5.74, 6) is -0.671. The molecule has 0 spiro atoms. The number of phenolic OH excluding ortho intramolecular Hbond substituents is 1. The van der Waals surface area contributed by atoms with Crippen LogP contribution in [0.1, 0.15) is 22.3 Å². The van der Waals surface area contributed by atoms with E-state index in [-0.39, 0.29) is 42.5 Å². The number of hydrogen-bond donors (Lipinski definition) is 2. The predicted molar refractivity (Wildman–Crippen MR) is 120 cm³/mol. The second-order valence-electron chi connectivity index (χ2n) is 8.13. The molecule has 2 amide bonds. The number of Topliss-reactive ketones (excluding diaryl/α,β-unsaturated/α-hetero) is 1. The molecular formula is C24H22N2O5S. The highest BCUT2D eigenvalue weighted by Gasteiger charge is 2.48. The van der Waals surface area contributed by atoms with Crippen molar-refractivity contribution < 1.29 is 24.2 Å². The van der Waals surface area contributed by atoms with Gasteiger partial charge in [0, 0.05) is 28.4 Å². The number of nitrogens with zero attached hydrogens (tertiary/aromatic N) is 1. The topological polar surface area (TPSA) is 95.9 Å². The number of aromatic hydroxyl groups is 1. The van der Waals surface area contributed by atoms with Crippen molar-refractivity contribution in [3.8, 4) is 5.75 Å². The molecule has 7 nitrogen and oxygen atoms in total. The molecule has 0 saturated carbocycles. The van der Waals surface area contributed by atoms with Crippen LogP contribution in [-0.4, -0.2) is 58.9 Å². The Morgan fingerprint density at radius 2 is 2.06 bits per heavy atom. The molecule has 3 atom stereocenters. The molecular weight excluding hydrogens is 428 g/mol. The number of ether oxygens (including phenoxy) is 1. The van der Waals surface area contributed by atoms with Crippen LogP contribution in [0.4, 0.5) is 0 Å². The van der Waals surface area contributed by atoms with Crippen molar-refractivity contribution >= 4 is 39.0 Å². The molecule has 0 radical (unpaired) electrons. The number of carbonyl (C=O) groups is 3. The summed E-state index contributed by atoms with van der Waals surface area (Å²) >= 11 is 1.47. The van der Waals surface area contributed by atoms with Crippen LogP contribution in [0.25, 0.3) is 10.1 Å². The van der Waals surface area contributed by atoms with Crippen LogP contribution in [0.2, 0.25) is 0 Å². The van der Waals surface area contributed by atoms with E-state index in [1.54, 1.807) is 34.5 Å². The fourth-order valence-corrected chi connectivity index (χ4v) is 5.49. The minimum atomic E-state index is -0.880. The molecule has 0 bridgehead atoms. The van der Waals surface area contributed by atoms with Crippen LogP contribution in [0, 0.1) is 0 Å². The van der Waals surface area contributed by atoms with Gasteiger partial charge in [-0.05, 0) is 30.2 Å². The largest absolute Gasteiger partial charge is 0.508 e. The molecule has 2 aliphatic heterocycles. The Labute approximate surface area is 188 Å². The maximum absolute atomic E-state index is 13.5. The summed E-state index contributed by atoms with van der Waals surface area (Å²) in [6, 6.07) is 12.8. The van der Waals surface area contributed by atoms with Crippen molar-refractivity contribution in [2.75, 3.05) is 13.2 Å². The van der Waals surface area contributed by atoms with Gasteiger partial charge in [-0.1, -0.05) is 30.3 Å². The van der Waals surface area contributed by atoms with E-state index in [9.17, 15) is 19.5 Å². The molecule has 3 unspecified atom stereocenters. The number of carbonyl (C=O) groups excluding carboxylic acids is 3. The normalized spacial score (nSPS) is 21.0. The third kappa shape index (κ3) is 3.76. The molecule has 2 aliphatic rings. The maximum Gasteiger partial charge on any atom is 0.253 e. The van der Waals surface area contributed by atoms with Crippen LogP contribution in [-0.2, 0) is 20.7 Å². The van der Waals surface area contributed by atoms with Gasteiger partial charge in [-0.3, -0.25) is 14.4 Å². The molecule has 3 heterocycles. The number of hydrogen-bond acceptors (Lipinski definition) is 6. The Kier molecular flexibility index (Phi) is 5.40. The highest BCUT2D eigenvalue weighted by Crippen LogP contribution is 2.29. The predicted octanol–water partition coefficient (Wildman–Crippen LogP) is 2.52. The smallest absolute Gasteiger partial charge is 0.253 e. The van der Waals surface area contributed by atoms with Crippen LogP contribution in [0.3, 0.4) is 0 Å². The van der Waals surface area contributed by atoms with Crippen molar-refractivity contribution in [3.05, 3.63) is 65.0 Å². The van der Waals surface area contributed by atoms with Gasteiger partial charge in [-0.25, -0.2) is 0 Å². The molecule has 2 aromatic carbocycles. The van der Waals surface area contributed by atoms with Gasteiger partial charge in [0.1, 0.15) is 24.4 Å². The fourth-order valence-electron chi connectivity index (χ4n) is 4.55. The molecule has 2 saturated heterocycles. The first-order chi connectivity index (χ1) is 15.5. The van der Waals surface area contributed by atoms with E-state index in [1.165, 1.54) is 11.3 Å². The van der Waals surface area contributed by atoms with Gasteiger partial charge in [0.05, 0.1) is 11.7 Å². The molecule has 2 N–H and O–H groups in total. The lowest BCUT2D eigenvalue weighted by atomic mass is 10.0. The average Bonchev–Trinajstić information content (AvgIpc) is 3.49. The average molecular weight is 451 g/mol. The third-order valence-corrected chi connectivity index (χ3v) is 7.04. The number of benzene rings is 2. The van der Waals surface area contributed by atoms with Crippen molar-refractivity contribution in [3.63, 3.8) is 0 Å². The number of nitrogens with one attached hydrogen (secondary N) is 1. The van der Waals surface area contributed by atoms with E-state index in [0.29, 0.717) is 24.1 Å². The zero-order chi connectivity index (χ0) is 22.2. The lowest BCUT2D eigenvalue weighted by molar-refractivity contribution is -0.138. The van der Waals surface area contributed by atoms with Gasteiger partial charge in [0.25, 0.3) is 5.91 Å². The Balaban J connectivity index is 1.43. The minimum absolute atomic E-state index is 0.0175.